The van der Waals surface area contributed by atoms with E-state index in [-0.39, 0.29) is 12.5 Å². The van der Waals surface area contributed by atoms with Crippen LogP contribution >= 0.6 is 0 Å². The normalized spacial score (nSPS) is 13.2. The van der Waals surface area contributed by atoms with E-state index in [0.29, 0.717) is 12.8 Å². The minimum Gasteiger partial charge on any atom is -0.481 e. The summed E-state index contributed by atoms with van der Waals surface area (Å²) < 4.78 is 27.4. The van der Waals surface area contributed by atoms with E-state index in [2.05, 4.69) is 10.6 Å². The quantitative estimate of drug-likeness (QED) is 0.622. The second-order valence-corrected chi connectivity index (χ2v) is 6.36. The van der Waals surface area contributed by atoms with Crippen molar-refractivity contribution in [2.45, 2.75) is 39.7 Å². The molecule has 6 nitrogen and oxygen atoms in total. The number of nitrogens with one attached hydrogen (secondary N) is 2. The van der Waals surface area contributed by atoms with Crippen molar-refractivity contribution in [2.75, 3.05) is 6.54 Å². The number of carboxylic acid groups (broad SMARTS) is 1. The van der Waals surface area contributed by atoms with E-state index >= 15 is 0 Å². The zero-order valence-corrected chi connectivity index (χ0v) is 15.0. The summed E-state index contributed by atoms with van der Waals surface area (Å²) in [6.45, 7) is 5.05. The lowest BCUT2D eigenvalue weighted by Crippen LogP contribution is -2.51. The van der Waals surface area contributed by atoms with E-state index < -0.39 is 46.9 Å². The lowest BCUT2D eigenvalue weighted by Gasteiger charge is -2.23. The molecule has 0 saturated carbocycles. The van der Waals surface area contributed by atoms with Crippen LogP contribution in [0.1, 0.15) is 44.0 Å². The molecular weight excluding hydrogens is 346 g/mol. The lowest BCUT2D eigenvalue weighted by molar-refractivity contribution is -0.142. The summed E-state index contributed by atoms with van der Waals surface area (Å²) in [5, 5.41) is 13.9. The van der Waals surface area contributed by atoms with Gasteiger partial charge in [-0.25, -0.2) is 8.78 Å². The van der Waals surface area contributed by atoms with Gasteiger partial charge in [-0.05, 0) is 24.5 Å². The SMILES string of the molecule is CCCC(CNC(=O)C(NC(=O)c1c(F)cccc1F)C(C)C)C(=O)O. The monoisotopic (exact) mass is 370 g/mol. The van der Waals surface area contributed by atoms with Crippen LogP contribution in [0, 0.1) is 23.5 Å². The summed E-state index contributed by atoms with van der Waals surface area (Å²) in [5.41, 5.74) is -0.764. The van der Waals surface area contributed by atoms with Gasteiger partial charge in [0, 0.05) is 6.54 Å². The Balaban J connectivity index is 2.84. The molecule has 2 atom stereocenters. The summed E-state index contributed by atoms with van der Waals surface area (Å²) in [5.74, 6) is -5.84. The van der Waals surface area contributed by atoms with Gasteiger partial charge in [0.05, 0.1) is 5.92 Å². The van der Waals surface area contributed by atoms with Crippen LogP contribution in [0.3, 0.4) is 0 Å². The molecule has 1 rings (SSSR count). The van der Waals surface area contributed by atoms with Crippen molar-refractivity contribution in [3.63, 3.8) is 0 Å². The zero-order valence-electron chi connectivity index (χ0n) is 15.0. The zero-order chi connectivity index (χ0) is 19.9. The molecule has 0 radical (unpaired) electrons. The molecule has 26 heavy (non-hydrogen) atoms. The van der Waals surface area contributed by atoms with Crippen LogP contribution < -0.4 is 10.6 Å². The number of benzene rings is 1. The van der Waals surface area contributed by atoms with Gasteiger partial charge < -0.3 is 15.7 Å². The average Bonchev–Trinajstić information content (AvgIpc) is 2.55. The fourth-order valence-electron chi connectivity index (χ4n) is 2.46. The van der Waals surface area contributed by atoms with Crippen molar-refractivity contribution >= 4 is 17.8 Å². The van der Waals surface area contributed by atoms with Gasteiger partial charge in [-0.1, -0.05) is 33.3 Å². The molecule has 0 bridgehead atoms. The summed E-state index contributed by atoms with van der Waals surface area (Å²) in [6.07, 6.45) is 1.04. The highest BCUT2D eigenvalue weighted by Crippen LogP contribution is 2.13. The van der Waals surface area contributed by atoms with Crippen LogP contribution in [0.4, 0.5) is 8.78 Å². The van der Waals surface area contributed by atoms with Crippen LogP contribution in [-0.4, -0.2) is 35.5 Å². The summed E-state index contributed by atoms with van der Waals surface area (Å²) in [7, 11) is 0. The van der Waals surface area contributed by atoms with Crippen LogP contribution in [0.5, 0.6) is 0 Å². The highest BCUT2D eigenvalue weighted by molar-refractivity contribution is 5.98. The topological polar surface area (TPSA) is 95.5 Å². The van der Waals surface area contributed by atoms with Gasteiger partial charge in [-0.3, -0.25) is 14.4 Å². The Kier molecular flexibility index (Phi) is 8.15. The van der Waals surface area contributed by atoms with Gasteiger partial charge in [-0.2, -0.15) is 0 Å². The predicted molar refractivity (Wildman–Crippen MR) is 91.5 cm³/mol. The number of halogens is 2. The Bertz CT molecular complexity index is 644. The molecule has 8 heteroatoms. The minimum absolute atomic E-state index is 0.0881. The van der Waals surface area contributed by atoms with Gasteiger partial charge in [0.25, 0.3) is 5.91 Å². The van der Waals surface area contributed by atoms with Crippen LogP contribution in [-0.2, 0) is 9.59 Å². The van der Waals surface area contributed by atoms with Gasteiger partial charge in [-0.15, -0.1) is 0 Å². The molecule has 0 fully saturated rings. The maximum Gasteiger partial charge on any atom is 0.308 e. The van der Waals surface area contributed by atoms with Crippen LogP contribution in [0.2, 0.25) is 0 Å². The molecule has 3 N–H and O–H groups in total. The van der Waals surface area contributed by atoms with E-state index in [0.717, 1.165) is 18.2 Å². The van der Waals surface area contributed by atoms with Gasteiger partial charge in [0.2, 0.25) is 5.91 Å². The minimum atomic E-state index is -1.06. The van der Waals surface area contributed by atoms with Crippen molar-refractivity contribution in [3.8, 4) is 0 Å². The van der Waals surface area contributed by atoms with Crippen molar-refractivity contribution in [1.82, 2.24) is 10.6 Å². The molecular formula is C18H24F2N2O4. The fraction of sp³-hybridized carbons (Fsp3) is 0.500. The van der Waals surface area contributed by atoms with E-state index in [4.69, 9.17) is 5.11 Å². The lowest BCUT2D eigenvalue weighted by atomic mass is 10.0. The fourth-order valence-corrected chi connectivity index (χ4v) is 2.46. The maximum atomic E-state index is 13.7. The maximum absolute atomic E-state index is 13.7. The smallest absolute Gasteiger partial charge is 0.308 e. The third-order valence-electron chi connectivity index (χ3n) is 3.93. The highest BCUT2D eigenvalue weighted by Gasteiger charge is 2.28. The first-order valence-corrected chi connectivity index (χ1v) is 8.44. The van der Waals surface area contributed by atoms with Crippen LogP contribution in [0.15, 0.2) is 18.2 Å². The molecule has 0 aromatic heterocycles. The van der Waals surface area contributed by atoms with Gasteiger partial charge >= 0.3 is 5.97 Å². The number of hydrogen-bond donors (Lipinski definition) is 3. The Morgan fingerprint density at radius 2 is 1.73 bits per heavy atom. The predicted octanol–water partition coefficient (Wildman–Crippen LogP) is 2.34. The highest BCUT2D eigenvalue weighted by atomic mass is 19.1. The number of carboxylic acids is 1. The molecule has 144 valence electrons. The number of rotatable bonds is 9. The van der Waals surface area contributed by atoms with E-state index in [1.165, 1.54) is 0 Å². The Morgan fingerprint density at radius 3 is 2.19 bits per heavy atom. The molecule has 0 spiro atoms. The number of amides is 2. The number of carbonyl (C=O) groups excluding carboxylic acids is 2. The van der Waals surface area contributed by atoms with Gasteiger partial charge in [0.1, 0.15) is 23.2 Å². The number of aliphatic carboxylic acids is 1. The van der Waals surface area contributed by atoms with E-state index in [1.807, 2.05) is 6.92 Å². The molecule has 1 aromatic carbocycles. The van der Waals surface area contributed by atoms with Crippen molar-refractivity contribution in [3.05, 3.63) is 35.4 Å². The number of hydrogen-bond acceptors (Lipinski definition) is 3. The Morgan fingerprint density at radius 1 is 1.15 bits per heavy atom. The second kappa shape index (κ2) is 9.84. The van der Waals surface area contributed by atoms with Crippen molar-refractivity contribution < 1.29 is 28.3 Å². The molecule has 2 unspecified atom stereocenters. The molecule has 0 aliphatic carbocycles. The molecule has 0 aliphatic rings. The van der Waals surface area contributed by atoms with E-state index in [1.54, 1.807) is 13.8 Å². The standard InChI is InChI=1S/C18H24F2N2O4/c1-4-6-11(18(25)26)9-21-17(24)15(10(2)3)22-16(23)14-12(19)7-5-8-13(14)20/h5,7-8,10-11,15H,4,6,9H2,1-3H3,(H,21,24)(H,22,23)(H,25,26). The first kappa shape index (κ1) is 21.5. The Hall–Kier alpha value is -2.51. The van der Waals surface area contributed by atoms with Crippen LogP contribution in [0.25, 0.3) is 0 Å². The molecule has 0 aliphatic heterocycles. The van der Waals surface area contributed by atoms with Gasteiger partial charge in [0.15, 0.2) is 0 Å². The Labute approximate surface area is 151 Å². The second-order valence-electron chi connectivity index (χ2n) is 6.36. The molecule has 0 heterocycles. The third-order valence-corrected chi connectivity index (χ3v) is 3.93. The molecule has 1 aromatic rings. The first-order valence-electron chi connectivity index (χ1n) is 8.44. The summed E-state index contributed by atoms with van der Waals surface area (Å²) in [6, 6.07) is 1.97. The average molecular weight is 370 g/mol. The summed E-state index contributed by atoms with van der Waals surface area (Å²) >= 11 is 0. The van der Waals surface area contributed by atoms with Crippen molar-refractivity contribution in [2.24, 2.45) is 11.8 Å². The van der Waals surface area contributed by atoms with Crippen molar-refractivity contribution in [1.29, 1.82) is 0 Å². The first-order chi connectivity index (χ1) is 12.2. The third kappa shape index (κ3) is 5.79. The summed E-state index contributed by atoms with van der Waals surface area (Å²) in [4.78, 5) is 35.7. The number of carbonyl (C=O) groups is 3. The molecule has 2 amide bonds. The molecule has 0 saturated heterocycles. The van der Waals surface area contributed by atoms with E-state index in [9.17, 15) is 23.2 Å². The largest absolute Gasteiger partial charge is 0.481 e.